The first-order chi connectivity index (χ1) is 18.6. The molecule has 39 heavy (non-hydrogen) atoms. The molecule has 0 saturated heterocycles. The number of cyclic esters (lactones) is 1. The fraction of sp³-hybridized carbons (Fsp3) is 0.485. The largest absolute Gasteiger partial charge is 0.457 e. The monoisotopic (exact) mass is 550 g/mol. The van der Waals surface area contributed by atoms with Crippen LogP contribution in [0.4, 0.5) is 0 Å². The van der Waals surface area contributed by atoms with Crippen molar-refractivity contribution in [2.24, 2.45) is 0 Å². The van der Waals surface area contributed by atoms with Crippen molar-refractivity contribution in [2.45, 2.75) is 96.1 Å². The summed E-state index contributed by atoms with van der Waals surface area (Å²) in [7, 11) is -2.07. The summed E-state index contributed by atoms with van der Waals surface area (Å²) in [6.45, 7) is 12.3. The van der Waals surface area contributed by atoms with E-state index >= 15 is 0 Å². The molecule has 6 heteroatoms. The van der Waals surface area contributed by atoms with E-state index in [2.05, 4.69) is 58.2 Å². The third kappa shape index (κ3) is 10.9. The zero-order chi connectivity index (χ0) is 28.1. The molecule has 0 unspecified atom stereocenters. The van der Waals surface area contributed by atoms with Crippen LogP contribution in [0, 0.1) is 0 Å². The van der Waals surface area contributed by atoms with E-state index in [9.17, 15) is 4.79 Å². The molecule has 0 saturated carbocycles. The molecule has 1 aliphatic heterocycles. The minimum Gasteiger partial charge on any atom is -0.457 e. The molecule has 0 aromatic heterocycles. The predicted octanol–water partition coefficient (Wildman–Crippen LogP) is 7.78. The van der Waals surface area contributed by atoms with Gasteiger partial charge in [-0.15, -0.1) is 0 Å². The second-order valence-electron chi connectivity index (χ2n) is 11.7. The van der Waals surface area contributed by atoms with Crippen LogP contribution in [0.5, 0.6) is 0 Å². The Balaban J connectivity index is 1.85. The van der Waals surface area contributed by atoms with Gasteiger partial charge in [0, 0.05) is 6.42 Å². The van der Waals surface area contributed by atoms with E-state index in [1.807, 2.05) is 60.7 Å². The average molecular weight is 551 g/mol. The summed E-state index contributed by atoms with van der Waals surface area (Å²) in [5.74, 6) is -0.218. The molecular weight excluding hydrogens is 504 g/mol. The third-order valence-corrected chi connectivity index (χ3v) is 12.0. The van der Waals surface area contributed by atoms with Gasteiger partial charge in [-0.1, -0.05) is 106 Å². The van der Waals surface area contributed by atoms with Crippen molar-refractivity contribution in [3.8, 4) is 0 Å². The van der Waals surface area contributed by atoms with Crippen LogP contribution in [-0.4, -0.2) is 39.2 Å². The maximum absolute atomic E-state index is 12.9. The number of hydrogen-bond acceptors (Lipinski definition) is 5. The Bertz CT molecular complexity index is 1040. The smallest absolute Gasteiger partial charge is 0.306 e. The standard InChI is InChI=1S/C33H46O5Si/c1-33(2,3)39(4,5)37-26-31-30(36-25-28-18-12-9-13-19-28)23-22-29(35-24-27-16-10-8-11-17-27)20-14-6-7-15-21-32(34)38-31/h6,8-14,16-19,22-23,29-31H,7,15,20-21,24-26H2,1-5H3/b14-6-,23-22+/t29-,30-,31-/m1/s1. The number of ether oxygens (including phenoxy) is 3. The van der Waals surface area contributed by atoms with Crippen LogP contribution < -0.4 is 0 Å². The molecule has 3 atom stereocenters. The van der Waals surface area contributed by atoms with Gasteiger partial charge in [0.05, 0.1) is 25.9 Å². The van der Waals surface area contributed by atoms with Gasteiger partial charge in [-0.05, 0) is 48.5 Å². The van der Waals surface area contributed by atoms with Gasteiger partial charge in [-0.25, -0.2) is 0 Å². The SMILES string of the molecule is CC(C)(C)[Si](C)(C)OC[C@H]1OC(=O)CCC/C=C\C[C@@H](OCc2ccccc2)/C=C/[C@H]1OCc1ccccc1. The fourth-order valence-corrected chi connectivity index (χ4v) is 4.92. The highest BCUT2D eigenvalue weighted by Gasteiger charge is 2.39. The van der Waals surface area contributed by atoms with Gasteiger partial charge in [-0.3, -0.25) is 4.79 Å². The van der Waals surface area contributed by atoms with Crippen molar-refractivity contribution in [3.63, 3.8) is 0 Å². The molecule has 0 aliphatic carbocycles. The number of esters is 1. The molecule has 1 aliphatic rings. The summed E-state index contributed by atoms with van der Waals surface area (Å²) < 4.78 is 25.3. The lowest BCUT2D eigenvalue weighted by molar-refractivity contribution is -0.158. The van der Waals surface area contributed by atoms with Crippen molar-refractivity contribution in [1.29, 1.82) is 0 Å². The lowest BCUT2D eigenvalue weighted by Crippen LogP contribution is -2.45. The first-order valence-corrected chi connectivity index (χ1v) is 17.0. The fourth-order valence-electron chi connectivity index (χ4n) is 3.91. The lowest BCUT2D eigenvalue weighted by atomic mass is 10.1. The van der Waals surface area contributed by atoms with Crippen molar-refractivity contribution in [1.82, 2.24) is 0 Å². The molecule has 0 spiro atoms. The molecule has 2 aromatic carbocycles. The Hall–Kier alpha value is -2.51. The van der Waals surface area contributed by atoms with Crippen LogP contribution in [0.1, 0.15) is 57.6 Å². The van der Waals surface area contributed by atoms with E-state index in [0.29, 0.717) is 26.2 Å². The molecule has 2 aromatic rings. The number of carbonyl (C=O) groups is 1. The minimum atomic E-state index is -2.07. The number of carbonyl (C=O) groups excluding carboxylic acids is 1. The highest BCUT2D eigenvalue weighted by molar-refractivity contribution is 6.74. The van der Waals surface area contributed by atoms with Gasteiger partial charge in [0.15, 0.2) is 14.4 Å². The number of rotatable bonds is 9. The second-order valence-corrected chi connectivity index (χ2v) is 16.5. The van der Waals surface area contributed by atoms with E-state index in [0.717, 1.165) is 30.4 Å². The summed E-state index contributed by atoms with van der Waals surface area (Å²) >= 11 is 0. The molecule has 3 rings (SSSR count). The molecule has 0 amide bonds. The van der Waals surface area contributed by atoms with Gasteiger partial charge in [-0.2, -0.15) is 0 Å². The van der Waals surface area contributed by atoms with Gasteiger partial charge in [0.25, 0.3) is 0 Å². The van der Waals surface area contributed by atoms with E-state index in [4.69, 9.17) is 18.6 Å². The molecule has 5 nitrogen and oxygen atoms in total. The van der Waals surface area contributed by atoms with E-state index in [1.54, 1.807) is 0 Å². The van der Waals surface area contributed by atoms with Gasteiger partial charge >= 0.3 is 5.97 Å². The zero-order valence-electron chi connectivity index (χ0n) is 24.3. The lowest BCUT2D eigenvalue weighted by Gasteiger charge is -2.38. The van der Waals surface area contributed by atoms with E-state index in [-0.39, 0.29) is 17.1 Å². The third-order valence-electron chi connectivity index (χ3n) is 7.46. The molecule has 0 N–H and O–H groups in total. The van der Waals surface area contributed by atoms with Crippen LogP contribution in [-0.2, 0) is 36.6 Å². The summed E-state index contributed by atoms with van der Waals surface area (Å²) in [4.78, 5) is 12.9. The normalized spacial score (nSPS) is 23.1. The summed E-state index contributed by atoms with van der Waals surface area (Å²) in [6.07, 6.45) is 9.81. The van der Waals surface area contributed by atoms with Gasteiger partial charge in [0.1, 0.15) is 6.10 Å². The van der Waals surface area contributed by atoms with Crippen molar-refractivity contribution < 1.29 is 23.4 Å². The number of allylic oxidation sites excluding steroid dienone is 1. The Morgan fingerprint density at radius 2 is 1.49 bits per heavy atom. The highest BCUT2D eigenvalue weighted by atomic mass is 28.4. The molecule has 0 radical (unpaired) electrons. The first kappa shape index (κ1) is 31.0. The highest BCUT2D eigenvalue weighted by Crippen LogP contribution is 2.37. The van der Waals surface area contributed by atoms with Crippen molar-refractivity contribution in [3.05, 3.63) is 96.1 Å². The number of hydrogen-bond donors (Lipinski definition) is 0. The van der Waals surface area contributed by atoms with Crippen LogP contribution in [0.25, 0.3) is 0 Å². The van der Waals surface area contributed by atoms with Crippen molar-refractivity contribution >= 4 is 14.3 Å². The molecule has 0 fully saturated rings. The summed E-state index contributed by atoms with van der Waals surface area (Å²) in [5, 5.41) is 0.0403. The Kier molecular flexibility index (Phi) is 12.2. The predicted molar refractivity (Wildman–Crippen MR) is 160 cm³/mol. The first-order valence-electron chi connectivity index (χ1n) is 14.1. The van der Waals surface area contributed by atoms with Crippen LogP contribution >= 0.6 is 0 Å². The molecule has 0 bridgehead atoms. The minimum absolute atomic E-state index is 0.0403. The molecule has 212 valence electrons. The Labute approximate surface area is 236 Å². The topological polar surface area (TPSA) is 54.0 Å². The molecule has 1 heterocycles. The number of benzene rings is 2. The molecular formula is C33H46O5Si. The van der Waals surface area contributed by atoms with Crippen LogP contribution in [0.3, 0.4) is 0 Å². The summed E-state index contributed by atoms with van der Waals surface area (Å²) in [6, 6.07) is 20.2. The maximum Gasteiger partial charge on any atom is 0.306 e. The van der Waals surface area contributed by atoms with Crippen molar-refractivity contribution in [2.75, 3.05) is 6.61 Å². The summed E-state index contributed by atoms with van der Waals surface area (Å²) in [5.41, 5.74) is 2.19. The van der Waals surface area contributed by atoms with E-state index in [1.165, 1.54) is 0 Å². The Morgan fingerprint density at radius 3 is 2.10 bits per heavy atom. The second kappa shape index (κ2) is 15.3. The van der Waals surface area contributed by atoms with Gasteiger partial charge in [0.2, 0.25) is 0 Å². The van der Waals surface area contributed by atoms with Crippen LogP contribution in [0.15, 0.2) is 85.0 Å². The van der Waals surface area contributed by atoms with E-state index < -0.39 is 20.5 Å². The Morgan fingerprint density at radius 1 is 0.872 bits per heavy atom. The average Bonchev–Trinajstić information content (AvgIpc) is 2.92. The van der Waals surface area contributed by atoms with Gasteiger partial charge < -0.3 is 18.6 Å². The zero-order valence-corrected chi connectivity index (χ0v) is 25.3. The maximum atomic E-state index is 12.9. The van der Waals surface area contributed by atoms with Crippen LogP contribution in [0.2, 0.25) is 18.1 Å². The quantitative estimate of drug-likeness (QED) is 0.181.